The third-order valence-corrected chi connectivity index (χ3v) is 4.61. The highest BCUT2D eigenvalue weighted by Crippen LogP contribution is 2.30. The summed E-state index contributed by atoms with van der Waals surface area (Å²) in [5, 5.41) is 12.4. The molecule has 0 unspecified atom stereocenters. The number of nitrogens with one attached hydrogen (secondary N) is 1. The minimum Gasteiger partial charge on any atom is -0.478 e. The van der Waals surface area contributed by atoms with Crippen LogP contribution in [0.5, 0.6) is 0 Å². The number of aromatic carboxylic acids is 1. The fourth-order valence-corrected chi connectivity index (χ4v) is 3.31. The number of hydrogen-bond donors (Lipinski definition) is 2. The van der Waals surface area contributed by atoms with Crippen LogP contribution in [-0.4, -0.2) is 22.2 Å². The molecule has 1 fully saturated rings. The van der Waals surface area contributed by atoms with E-state index in [4.69, 9.17) is 0 Å². The maximum Gasteiger partial charge on any atom is 0.336 e. The van der Waals surface area contributed by atoms with Gasteiger partial charge < -0.3 is 10.4 Å². The molecule has 126 valence electrons. The number of carboxylic acids is 1. The first-order valence-corrected chi connectivity index (χ1v) is 8.45. The van der Waals surface area contributed by atoms with Crippen molar-refractivity contribution in [2.24, 2.45) is 4.99 Å². The maximum atomic E-state index is 12.2. The van der Waals surface area contributed by atoms with Gasteiger partial charge in [0.1, 0.15) is 0 Å². The standard InChI is InChI=1S/C19H16N2O3S/c1-11-7-8-15(12(2)9-11)20-19-21-17(22)16(25-19)10-13-5-3-4-6-14(13)18(23)24/h3-10H,1-2H3,(H,23,24)(H,20,21,22)/b16-10+. The molecule has 25 heavy (non-hydrogen) atoms. The summed E-state index contributed by atoms with van der Waals surface area (Å²) in [6.45, 7) is 3.98. The van der Waals surface area contributed by atoms with Gasteiger partial charge in [0.05, 0.1) is 16.2 Å². The molecule has 3 rings (SSSR count). The molecule has 5 nitrogen and oxygen atoms in total. The Kier molecular flexibility index (Phi) is 4.72. The predicted octanol–water partition coefficient (Wildman–Crippen LogP) is 3.89. The molecule has 6 heteroatoms. The number of rotatable bonds is 3. The topological polar surface area (TPSA) is 78.8 Å². The van der Waals surface area contributed by atoms with Crippen LogP contribution in [0.15, 0.2) is 52.4 Å². The first-order chi connectivity index (χ1) is 11.9. The second-order valence-corrected chi connectivity index (χ2v) is 6.69. The third-order valence-electron chi connectivity index (χ3n) is 3.70. The number of carbonyl (C=O) groups is 2. The quantitative estimate of drug-likeness (QED) is 0.821. The van der Waals surface area contributed by atoms with Gasteiger partial charge in [0.25, 0.3) is 5.91 Å². The molecule has 2 N–H and O–H groups in total. The van der Waals surface area contributed by atoms with Crippen LogP contribution in [0.25, 0.3) is 6.08 Å². The number of hydrogen-bond acceptors (Lipinski definition) is 4. The molecule has 0 aromatic heterocycles. The molecule has 0 saturated carbocycles. The summed E-state index contributed by atoms with van der Waals surface area (Å²) in [5.74, 6) is -1.31. The second-order valence-electron chi connectivity index (χ2n) is 5.66. The number of amidine groups is 1. The zero-order chi connectivity index (χ0) is 18.0. The molecule has 0 aliphatic carbocycles. The highest BCUT2D eigenvalue weighted by Gasteiger charge is 2.24. The van der Waals surface area contributed by atoms with E-state index in [0.29, 0.717) is 15.6 Å². The lowest BCUT2D eigenvalue weighted by Crippen LogP contribution is -2.19. The number of aryl methyl sites for hydroxylation is 2. The number of benzene rings is 2. The molecular weight excluding hydrogens is 336 g/mol. The van der Waals surface area contributed by atoms with E-state index in [1.165, 1.54) is 17.8 Å². The highest BCUT2D eigenvalue weighted by molar-refractivity contribution is 8.18. The van der Waals surface area contributed by atoms with E-state index < -0.39 is 5.97 Å². The van der Waals surface area contributed by atoms with Crippen molar-refractivity contribution < 1.29 is 14.7 Å². The highest BCUT2D eigenvalue weighted by atomic mass is 32.2. The van der Waals surface area contributed by atoms with Gasteiger partial charge in [-0.25, -0.2) is 9.79 Å². The van der Waals surface area contributed by atoms with Gasteiger partial charge in [0, 0.05) is 0 Å². The first-order valence-electron chi connectivity index (χ1n) is 7.63. The molecule has 1 aliphatic heterocycles. The zero-order valence-electron chi connectivity index (χ0n) is 13.7. The van der Waals surface area contributed by atoms with E-state index in [1.807, 2.05) is 32.0 Å². The zero-order valence-corrected chi connectivity index (χ0v) is 14.6. The Balaban J connectivity index is 1.90. The first kappa shape index (κ1) is 17.0. The van der Waals surface area contributed by atoms with Crippen LogP contribution in [0, 0.1) is 13.8 Å². The number of nitrogens with zero attached hydrogens (tertiary/aromatic N) is 1. The van der Waals surface area contributed by atoms with Crippen LogP contribution in [0.2, 0.25) is 0 Å². The van der Waals surface area contributed by atoms with Crippen LogP contribution in [0.1, 0.15) is 27.0 Å². The second kappa shape index (κ2) is 6.94. The van der Waals surface area contributed by atoms with Crippen molar-refractivity contribution in [2.75, 3.05) is 0 Å². The average Bonchev–Trinajstić information content (AvgIpc) is 2.90. The van der Waals surface area contributed by atoms with Crippen LogP contribution in [0.4, 0.5) is 5.69 Å². The molecule has 1 saturated heterocycles. The summed E-state index contributed by atoms with van der Waals surface area (Å²) in [6.07, 6.45) is 1.58. The molecule has 0 radical (unpaired) electrons. The Bertz CT molecular complexity index is 932. The van der Waals surface area contributed by atoms with Gasteiger partial charge in [-0.05, 0) is 54.9 Å². The Hall–Kier alpha value is -2.86. The minimum atomic E-state index is -1.03. The van der Waals surface area contributed by atoms with Crippen molar-refractivity contribution in [1.82, 2.24) is 5.32 Å². The SMILES string of the molecule is Cc1ccc(N=C2NC(=O)/C(=C\c3ccccc3C(=O)O)S2)c(C)c1. The summed E-state index contributed by atoms with van der Waals surface area (Å²) in [4.78, 5) is 28.4. The number of carboxylic acid groups (broad SMARTS) is 1. The van der Waals surface area contributed by atoms with Crippen LogP contribution < -0.4 is 5.32 Å². The molecular formula is C19H16N2O3S. The maximum absolute atomic E-state index is 12.2. The van der Waals surface area contributed by atoms with E-state index in [9.17, 15) is 14.7 Å². The van der Waals surface area contributed by atoms with E-state index in [0.717, 1.165) is 16.8 Å². The van der Waals surface area contributed by atoms with Gasteiger partial charge in [-0.15, -0.1) is 0 Å². The normalized spacial score (nSPS) is 17.1. The number of thioether (sulfide) groups is 1. The number of carbonyl (C=O) groups excluding carboxylic acids is 1. The molecule has 2 aromatic carbocycles. The van der Waals surface area contributed by atoms with Crippen LogP contribution in [0.3, 0.4) is 0 Å². The molecule has 0 bridgehead atoms. The lowest BCUT2D eigenvalue weighted by molar-refractivity contribution is -0.115. The van der Waals surface area contributed by atoms with Crippen molar-refractivity contribution in [3.05, 3.63) is 69.6 Å². The molecule has 0 spiro atoms. The minimum absolute atomic E-state index is 0.156. The Morgan fingerprint density at radius 1 is 1.20 bits per heavy atom. The Morgan fingerprint density at radius 3 is 2.68 bits per heavy atom. The largest absolute Gasteiger partial charge is 0.478 e. The molecule has 2 aromatic rings. The fraction of sp³-hybridized carbons (Fsp3) is 0.105. The lowest BCUT2D eigenvalue weighted by Gasteiger charge is -2.02. The van der Waals surface area contributed by atoms with Crippen molar-refractivity contribution in [3.8, 4) is 0 Å². The summed E-state index contributed by atoms with van der Waals surface area (Å²) < 4.78 is 0. The predicted molar refractivity (Wildman–Crippen MR) is 100 cm³/mol. The van der Waals surface area contributed by atoms with Crippen molar-refractivity contribution >= 4 is 40.6 Å². The smallest absolute Gasteiger partial charge is 0.336 e. The van der Waals surface area contributed by atoms with Gasteiger partial charge in [-0.1, -0.05) is 35.9 Å². The summed E-state index contributed by atoms with van der Waals surface area (Å²) in [5.41, 5.74) is 3.61. The molecule has 1 amide bonds. The molecule has 1 heterocycles. The van der Waals surface area contributed by atoms with Crippen LogP contribution in [-0.2, 0) is 4.79 Å². The van der Waals surface area contributed by atoms with Gasteiger partial charge >= 0.3 is 5.97 Å². The van der Waals surface area contributed by atoms with Gasteiger partial charge in [0.2, 0.25) is 0 Å². The third kappa shape index (κ3) is 3.80. The van der Waals surface area contributed by atoms with Gasteiger partial charge in [-0.2, -0.15) is 0 Å². The van der Waals surface area contributed by atoms with E-state index >= 15 is 0 Å². The average molecular weight is 352 g/mol. The van der Waals surface area contributed by atoms with E-state index in [1.54, 1.807) is 24.3 Å². The van der Waals surface area contributed by atoms with Crippen LogP contribution >= 0.6 is 11.8 Å². The van der Waals surface area contributed by atoms with Crippen molar-refractivity contribution in [2.45, 2.75) is 13.8 Å². The summed E-state index contributed by atoms with van der Waals surface area (Å²) in [7, 11) is 0. The van der Waals surface area contributed by atoms with Crippen molar-refractivity contribution in [1.29, 1.82) is 0 Å². The van der Waals surface area contributed by atoms with E-state index in [-0.39, 0.29) is 11.5 Å². The number of aliphatic imine (C=N–C) groups is 1. The Labute approximate surface area is 149 Å². The monoisotopic (exact) mass is 352 g/mol. The van der Waals surface area contributed by atoms with Crippen molar-refractivity contribution in [3.63, 3.8) is 0 Å². The summed E-state index contributed by atoms with van der Waals surface area (Å²) >= 11 is 1.20. The fourth-order valence-electron chi connectivity index (χ4n) is 2.48. The molecule has 0 atom stereocenters. The van der Waals surface area contributed by atoms with E-state index in [2.05, 4.69) is 10.3 Å². The Morgan fingerprint density at radius 2 is 1.96 bits per heavy atom. The van der Waals surface area contributed by atoms with Gasteiger partial charge in [-0.3, -0.25) is 4.79 Å². The summed E-state index contributed by atoms with van der Waals surface area (Å²) in [6, 6.07) is 12.5. The number of amides is 1. The molecule has 1 aliphatic rings. The lowest BCUT2D eigenvalue weighted by atomic mass is 10.1. The van der Waals surface area contributed by atoms with Gasteiger partial charge in [0.15, 0.2) is 5.17 Å².